The lowest BCUT2D eigenvalue weighted by molar-refractivity contribution is -0.135. The van der Waals surface area contributed by atoms with Crippen LogP contribution in [-0.4, -0.2) is 37.7 Å². The summed E-state index contributed by atoms with van der Waals surface area (Å²) in [5.74, 6) is -1.35. The van der Waals surface area contributed by atoms with Gasteiger partial charge in [-0.1, -0.05) is 0 Å². The Labute approximate surface area is 105 Å². The van der Waals surface area contributed by atoms with Crippen molar-refractivity contribution in [3.63, 3.8) is 0 Å². The first kappa shape index (κ1) is 18.1. The lowest BCUT2D eigenvalue weighted by Gasteiger charge is -1.85. The third-order valence-electron chi connectivity index (χ3n) is 1.31. The summed E-state index contributed by atoms with van der Waals surface area (Å²) in [4.78, 5) is 40.8. The number of methoxy groups -OCH3 is 2. The van der Waals surface area contributed by atoms with Gasteiger partial charge in [-0.15, -0.1) is 0 Å². The fourth-order valence-electron chi connectivity index (χ4n) is 0.507. The molecule has 0 aromatic heterocycles. The van der Waals surface area contributed by atoms with Crippen molar-refractivity contribution in [3.8, 4) is 0 Å². The summed E-state index contributed by atoms with van der Waals surface area (Å²) in [6.07, 6.45) is 4.49. The van der Waals surface area contributed by atoms with Crippen LogP contribution in [0.3, 0.4) is 0 Å². The van der Waals surface area contributed by atoms with E-state index < -0.39 is 11.9 Å². The van der Waals surface area contributed by atoms with Crippen LogP contribution in [0.5, 0.6) is 0 Å². The maximum Gasteiger partial charge on any atom is 0.330 e. The zero-order valence-corrected chi connectivity index (χ0v) is 10.8. The van der Waals surface area contributed by atoms with Gasteiger partial charge in [-0.25, -0.2) is 9.59 Å². The van der Waals surface area contributed by atoms with Crippen molar-refractivity contribution in [2.45, 2.75) is 13.8 Å². The Bertz CT molecular complexity index is 329. The molecule has 0 N–H and O–H groups in total. The van der Waals surface area contributed by atoms with E-state index in [0.717, 1.165) is 24.3 Å². The second kappa shape index (κ2) is 11.3. The molecule has 0 amide bonds. The molecule has 0 unspecified atom stereocenters. The Morgan fingerprint density at radius 3 is 1.11 bits per heavy atom. The van der Waals surface area contributed by atoms with Gasteiger partial charge in [0.25, 0.3) is 0 Å². The van der Waals surface area contributed by atoms with Gasteiger partial charge in [-0.3, -0.25) is 9.59 Å². The first-order valence-electron chi connectivity index (χ1n) is 4.86. The molecule has 0 saturated heterocycles. The van der Waals surface area contributed by atoms with Crippen LogP contribution in [-0.2, 0) is 28.7 Å². The normalized spacial score (nSPS) is 9.56. The van der Waals surface area contributed by atoms with E-state index in [9.17, 15) is 19.2 Å². The lowest BCUT2D eigenvalue weighted by Crippen LogP contribution is -1.95. The van der Waals surface area contributed by atoms with Crippen LogP contribution >= 0.6 is 0 Å². The third kappa shape index (κ3) is 16.2. The van der Waals surface area contributed by atoms with E-state index in [0.29, 0.717) is 0 Å². The molecule has 6 nitrogen and oxygen atoms in total. The third-order valence-corrected chi connectivity index (χ3v) is 1.31. The van der Waals surface area contributed by atoms with Gasteiger partial charge in [-0.05, 0) is 26.0 Å². The predicted molar refractivity (Wildman–Crippen MR) is 63.7 cm³/mol. The molecule has 0 rings (SSSR count). The number of ether oxygens (including phenoxy) is 2. The zero-order chi connectivity index (χ0) is 14.6. The quantitative estimate of drug-likeness (QED) is 0.541. The van der Waals surface area contributed by atoms with Crippen LogP contribution < -0.4 is 0 Å². The van der Waals surface area contributed by atoms with E-state index in [1.165, 1.54) is 28.1 Å². The summed E-state index contributed by atoms with van der Waals surface area (Å²) in [5, 5.41) is 0. The minimum absolute atomic E-state index is 0.166. The average molecular weight is 256 g/mol. The van der Waals surface area contributed by atoms with Gasteiger partial charge in [0.15, 0.2) is 11.6 Å². The van der Waals surface area contributed by atoms with Gasteiger partial charge < -0.3 is 9.47 Å². The average Bonchev–Trinajstić information content (AvgIpc) is 2.33. The van der Waals surface area contributed by atoms with E-state index in [4.69, 9.17) is 0 Å². The summed E-state index contributed by atoms with van der Waals surface area (Å²) in [6, 6.07) is 0. The number of rotatable bonds is 4. The van der Waals surface area contributed by atoms with Crippen LogP contribution in [0.4, 0.5) is 0 Å². The largest absolute Gasteiger partial charge is 0.466 e. The van der Waals surface area contributed by atoms with Gasteiger partial charge >= 0.3 is 11.9 Å². The Balaban J connectivity index is 0. The summed E-state index contributed by atoms with van der Waals surface area (Å²) >= 11 is 0. The Morgan fingerprint density at radius 2 is 0.944 bits per heavy atom. The van der Waals surface area contributed by atoms with E-state index in [-0.39, 0.29) is 11.6 Å². The topological polar surface area (TPSA) is 86.7 Å². The van der Waals surface area contributed by atoms with Crippen LogP contribution in [0.1, 0.15) is 13.8 Å². The second-order valence-corrected chi connectivity index (χ2v) is 2.93. The van der Waals surface area contributed by atoms with Crippen LogP contribution in [0.25, 0.3) is 0 Å². The molecule has 0 saturated carbocycles. The van der Waals surface area contributed by atoms with E-state index in [1.807, 2.05) is 0 Å². The number of carbonyl (C=O) groups is 4. The monoisotopic (exact) mass is 256 g/mol. The number of allylic oxidation sites excluding steroid dienone is 2. The molecule has 0 atom stereocenters. The number of hydrogen-bond acceptors (Lipinski definition) is 6. The molecular weight excluding hydrogens is 240 g/mol. The van der Waals surface area contributed by atoms with Gasteiger partial charge in [0.05, 0.1) is 14.2 Å². The highest BCUT2D eigenvalue weighted by Crippen LogP contribution is 1.78. The molecule has 0 aromatic rings. The van der Waals surface area contributed by atoms with Crippen molar-refractivity contribution in [2.24, 2.45) is 0 Å². The number of hydrogen-bond donors (Lipinski definition) is 0. The smallest absolute Gasteiger partial charge is 0.330 e. The summed E-state index contributed by atoms with van der Waals surface area (Å²) in [6.45, 7) is 2.72. The Morgan fingerprint density at radius 1 is 0.667 bits per heavy atom. The summed E-state index contributed by atoms with van der Waals surface area (Å²) < 4.78 is 8.45. The summed E-state index contributed by atoms with van der Waals surface area (Å²) in [7, 11) is 2.51. The molecule has 0 aromatic carbocycles. The van der Waals surface area contributed by atoms with Crippen LogP contribution in [0.15, 0.2) is 24.3 Å². The zero-order valence-electron chi connectivity index (χ0n) is 10.8. The molecule has 100 valence electrons. The molecular formula is C12H16O6. The molecule has 0 radical (unpaired) electrons. The standard InChI is InChI=1S/2C6H8O3/c2*1-5(7)3-4-6(8)9-2/h2*3-4H,1-2H3. The first-order chi connectivity index (χ1) is 8.33. The Hall–Kier alpha value is -2.24. The van der Waals surface area contributed by atoms with Crippen molar-refractivity contribution in [3.05, 3.63) is 24.3 Å². The molecule has 0 bridgehead atoms. The van der Waals surface area contributed by atoms with Crippen molar-refractivity contribution >= 4 is 23.5 Å². The predicted octanol–water partition coefficient (Wildman–Crippen LogP) is 0.609. The fourth-order valence-corrected chi connectivity index (χ4v) is 0.507. The minimum atomic E-state index is -0.509. The van der Waals surface area contributed by atoms with Crippen molar-refractivity contribution in [1.82, 2.24) is 0 Å². The minimum Gasteiger partial charge on any atom is -0.466 e. The van der Waals surface area contributed by atoms with E-state index in [2.05, 4.69) is 9.47 Å². The number of carbonyl (C=O) groups excluding carboxylic acids is 4. The van der Waals surface area contributed by atoms with Gasteiger partial charge in [-0.2, -0.15) is 0 Å². The molecule has 0 heterocycles. The highest BCUT2D eigenvalue weighted by atomic mass is 16.5. The second-order valence-electron chi connectivity index (χ2n) is 2.93. The van der Waals surface area contributed by atoms with Gasteiger partial charge in [0.2, 0.25) is 0 Å². The van der Waals surface area contributed by atoms with Gasteiger partial charge in [0.1, 0.15) is 0 Å². The Kier molecular flexibility index (Phi) is 11.3. The summed E-state index contributed by atoms with van der Waals surface area (Å²) in [5.41, 5.74) is 0. The van der Waals surface area contributed by atoms with Gasteiger partial charge in [0, 0.05) is 12.2 Å². The lowest BCUT2D eigenvalue weighted by atomic mass is 10.4. The molecule has 0 aliphatic heterocycles. The van der Waals surface area contributed by atoms with Crippen LogP contribution in [0.2, 0.25) is 0 Å². The molecule has 6 heteroatoms. The number of esters is 2. The maximum atomic E-state index is 10.3. The molecule has 0 fully saturated rings. The molecule has 18 heavy (non-hydrogen) atoms. The fraction of sp³-hybridized carbons (Fsp3) is 0.333. The molecule has 0 spiro atoms. The van der Waals surface area contributed by atoms with Crippen LogP contribution in [0, 0.1) is 0 Å². The first-order valence-corrected chi connectivity index (χ1v) is 4.86. The number of ketones is 2. The van der Waals surface area contributed by atoms with Crippen molar-refractivity contribution in [2.75, 3.05) is 14.2 Å². The van der Waals surface area contributed by atoms with Crippen molar-refractivity contribution in [1.29, 1.82) is 0 Å². The maximum absolute atomic E-state index is 10.3. The molecule has 0 aliphatic rings. The van der Waals surface area contributed by atoms with E-state index in [1.54, 1.807) is 0 Å². The highest BCUT2D eigenvalue weighted by Gasteiger charge is 1.90. The van der Waals surface area contributed by atoms with E-state index >= 15 is 0 Å². The SMILES string of the molecule is COC(=O)C=CC(C)=O.COC(=O)C=CC(C)=O. The van der Waals surface area contributed by atoms with Crippen molar-refractivity contribution < 1.29 is 28.7 Å². The highest BCUT2D eigenvalue weighted by molar-refractivity contribution is 5.94. The molecule has 0 aliphatic carbocycles.